The summed E-state index contributed by atoms with van der Waals surface area (Å²) in [5, 5.41) is 15.3. The highest BCUT2D eigenvalue weighted by Gasteiger charge is 2.12. The monoisotopic (exact) mass is 424 g/mol. The van der Waals surface area contributed by atoms with Crippen LogP contribution >= 0.6 is 0 Å². The number of carboxylic acids is 1. The maximum atomic E-state index is 12.7. The van der Waals surface area contributed by atoms with Crippen molar-refractivity contribution in [3.63, 3.8) is 0 Å². The molecule has 0 spiro atoms. The van der Waals surface area contributed by atoms with Crippen molar-refractivity contribution in [1.82, 2.24) is 15.3 Å². The Morgan fingerprint density at radius 2 is 1.62 bits per heavy atom. The van der Waals surface area contributed by atoms with E-state index in [4.69, 9.17) is 0 Å². The lowest BCUT2D eigenvalue weighted by Crippen LogP contribution is -2.24. The molecule has 4 rings (SSSR count). The van der Waals surface area contributed by atoms with E-state index in [0.29, 0.717) is 5.82 Å². The van der Waals surface area contributed by atoms with Crippen molar-refractivity contribution in [3.8, 4) is 11.1 Å². The van der Waals surface area contributed by atoms with Crippen LogP contribution in [0.5, 0.6) is 0 Å². The van der Waals surface area contributed by atoms with Crippen molar-refractivity contribution in [3.05, 3.63) is 108 Å². The summed E-state index contributed by atoms with van der Waals surface area (Å²) in [6.07, 6.45) is 1.34. The number of rotatable bonds is 7. The summed E-state index contributed by atoms with van der Waals surface area (Å²) in [4.78, 5) is 32.3. The van der Waals surface area contributed by atoms with E-state index in [0.717, 1.165) is 22.4 Å². The van der Waals surface area contributed by atoms with Crippen LogP contribution in [-0.2, 0) is 6.54 Å². The average Bonchev–Trinajstić information content (AvgIpc) is 2.83. The Hall–Kier alpha value is -4.52. The summed E-state index contributed by atoms with van der Waals surface area (Å²) in [5.41, 5.74) is 3.79. The lowest BCUT2D eigenvalue weighted by Gasteiger charge is -2.12. The Morgan fingerprint density at radius 3 is 2.44 bits per heavy atom. The zero-order chi connectivity index (χ0) is 22.3. The summed E-state index contributed by atoms with van der Waals surface area (Å²) in [6, 6.07) is 25.4. The predicted octanol–water partition coefficient (Wildman–Crippen LogP) is 4.52. The summed E-state index contributed by atoms with van der Waals surface area (Å²) in [7, 11) is 0. The highest BCUT2D eigenvalue weighted by atomic mass is 16.4. The molecule has 7 heteroatoms. The van der Waals surface area contributed by atoms with E-state index in [-0.39, 0.29) is 23.7 Å². The minimum atomic E-state index is -0.985. The topological polar surface area (TPSA) is 104 Å². The van der Waals surface area contributed by atoms with Gasteiger partial charge in [0.1, 0.15) is 17.8 Å². The van der Waals surface area contributed by atoms with E-state index >= 15 is 0 Å². The maximum absolute atomic E-state index is 12.7. The average molecular weight is 424 g/mol. The number of nitrogens with one attached hydrogen (secondary N) is 2. The Labute approximate surface area is 184 Å². The van der Waals surface area contributed by atoms with Gasteiger partial charge in [0.15, 0.2) is 0 Å². The number of aromatic carboxylic acids is 1. The van der Waals surface area contributed by atoms with Crippen molar-refractivity contribution < 1.29 is 14.7 Å². The lowest BCUT2D eigenvalue weighted by atomic mass is 9.98. The second kappa shape index (κ2) is 9.53. The first kappa shape index (κ1) is 20.7. The van der Waals surface area contributed by atoms with Gasteiger partial charge in [-0.25, -0.2) is 14.8 Å². The number of aromatic nitrogens is 2. The Bertz CT molecular complexity index is 1260. The second-order valence-corrected chi connectivity index (χ2v) is 7.01. The zero-order valence-electron chi connectivity index (χ0n) is 17.0. The smallest absolute Gasteiger partial charge is 0.335 e. The number of carbonyl (C=O) groups excluding carboxylic acids is 1. The van der Waals surface area contributed by atoms with Gasteiger partial charge < -0.3 is 15.7 Å². The molecule has 3 aromatic carbocycles. The first-order chi connectivity index (χ1) is 15.6. The van der Waals surface area contributed by atoms with Gasteiger partial charge in [-0.1, -0.05) is 54.6 Å². The van der Waals surface area contributed by atoms with Gasteiger partial charge in [-0.15, -0.1) is 0 Å². The SMILES string of the molecule is O=C(O)c1cccc(-c2ccccc2CNC(=O)c2cc(Nc3ccccc3)ncn2)c1. The zero-order valence-corrected chi connectivity index (χ0v) is 17.0. The van der Waals surface area contributed by atoms with Crippen LogP contribution in [0.3, 0.4) is 0 Å². The molecule has 0 aliphatic carbocycles. The van der Waals surface area contributed by atoms with Crippen molar-refractivity contribution in [2.24, 2.45) is 0 Å². The highest BCUT2D eigenvalue weighted by molar-refractivity contribution is 5.93. The molecule has 3 N–H and O–H groups in total. The molecule has 1 aromatic heterocycles. The normalized spacial score (nSPS) is 10.4. The number of para-hydroxylation sites is 1. The third-order valence-corrected chi connectivity index (χ3v) is 4.82. The van der Waals surface area contributed by atoms with Crippen molar-refractivity contribution in [2.75, 3.05) is 5.32 Å². The van der Waals surface area contributed by atoms with Gasteiger partial charge >= 0.3 is 5.97 Å². The van der Waals surface area contributed by atoms with Gasteiger partial charge in [0, 0.05) is 18.3 Å². The Kier molecular flexibility index (Phi) is 6.17. The number of hydrogen-bond acceptors (Lipinski definition) is 5. The first-order valence-corrected chi connectivity index (χ1v) is 9.94. The minimum absolute atomic E-state index is 0.209. The summed E-state index contributed by atoms with van der Waals surface area (Å²) in [5.74, 6) is -0.804. The van der Waals surface area contributed by atoms with Gasteiger partial charge in [-0.3, -0.25) is 4.79 Å². The molecule has 0 saturated carbocycles. The number of amides is 1. The number of nitrogens with zero attached hydrogens (tertiary/aromatic N) is 2. The predicted molar refractivity (Wildman–Crippen MR) is 122 cm³/mol. The van der Waals surface area contributed by atoms with Crippen LogP contribution in [0.25, 0.3) is 11.1 Å². The Balaban J connectivity index is 1.49. The number of hydrogen-bond donors (Lipinski definition) is 3. The fraction of sp³-hybridized carbons (Fsp3) is 0.0400. The molecule has 7 nitrogen and oxygen atoms in total. The molecule has 4 aromatic rings. The first-order valence-electron chi connectivity index (χ1n) is 9.94. The van der Waals surface area contributed by atoms with Crippen LogP contribution < -0.4 is 10.6 Å². The van der Waals surface area contributed by atoms with Gasteiger partial charge in [-0.2, -0.15) is 0 Å². The third-order valence-electron chi connectivity index (χ3n) is 4.82. The van der Waals surface area contributed by atoms with E-state index in [1.165, 1.54) is 6.33 Å². The maximum Gasteiger partial charge on any atom is 0.335 e. The molecule has 0 atom stereocenters. The molecule has 1 heterocycles. The van der Waals surface area contributed by atoms with Crippen LogP contribution in [0.2, 0.25) is 0 Å². The molecule has 0 aliphatic rings. The number of benzene rings is 3. The van der Waals surface area contributed by atoms with Crippen LogP contribution in [0.15, 0.2) is 91.3 Å². The van der Waals surface area contributed by atoms with Gasteiger partial charge in [-0.05, 0) is 41.0 Å². The molecule has 0 unspecified atom stereocenters. The molecule has 0 radical (unpaired) electrons. The molecule has 0 fully saturated rings. The highest BCUT2D eigenvalue weighted by Crippen LogP contribution is 2.25. The lowest BCUT2D eigenvalue weighted by molar-refractivity contribution is 0.0696. The fourth-order valence-electron chi connectivity index (χ4n) is 3.26. The molecular weight excluding hydrogens is 404 g/mol. The van der Waals surface area contributed by atoms with Crippen molar-refractivity contribution in [1.29, 1.82) is 0 Å². The molecule has 158 valence electrons. The second-order valence-electron chi connectivity index (χ2n) is 7.01. The van der Waals surface area contributed by atoms with Crippen molar-refractivity contribution in [2.45, 2.75) is 6.54 Å². The van der Waals surface area contributed by atoms with E-state index in [1.54, 1.807) is 24.3 Å². The molecule has 0 aliphatic heterocycles. The summed E-state index contributed by atoms with van der Waals surface area (Å²) in [6.45, 7) is 0.262. The summed E-state index contributed by atoms with van der Waals surface area (Å²) < 4.78 is 0. The van der Waals surface area contributed by atoms with Gasteiger partial charge in [0.25, 0.3) is 5.91 Å². The van der Waals surface area contributed by atoms with Gasteiger partial charge in [0.2, 0.25) is 0 Å². The number of carboxylic acid groups (broad SMARTS) is 1. The standard InChI is InChI=1S/C25H20N4O3/c30-24(22-14-23(28-16-27-22)29-20-10-2-1-3-11-20)26-15-19-7-4-5-12-21(19)17-8-6-9-18(13-17)25(31)32/h1-14,16H,15H2,(H,26,30)(H,31,32)(H,27,28,29). The molecule has 32 heavy (non-hydrogen) atoms. The molecule has 0 bridgehead atoms. The van der Waals surface area contributed by atoms with Crippen molar-refractivity contribution >= 4 is 23.4 Å². The molecule has 1 amide bonds. The van der Waals surface area contributed by atoms with E-state index < -0.39 is 5.97 Å². The quantitative estimate of drug-likeness (QED) is 0.403. The van der Waals surface area contributed by atoms with Crippen LogP contribution in [-0.4, -0.2) is 27.0 Å². The molecule has 0 saturated heterocycles. The fourth-order valence-corrected chi connectivity index (χ4v) is 3.26. The van der Waals surface area contributed by atoms with Crippen LogP contribution in [0, 0.1) is 0 Å². The largest absolute Gasteiger partial charge is 0.478 e. The number of carbonyl (C=O) groups is 2. The minimum Gasteiger partial charge on any atom is -0.478 e. The van der Waals surface area contributed by atoms with E-state index in [1.807, 2.05) is 60.7 Å². The summed E-state index contributed by atoms with van der Waals surface area (Å²) >= 11 is 0. The number of anilines is 2. The van der Waals surface area contributed by atoms with E-state index in [9.17, 15) is 14.7 Å². The van der Waals surface area contributed by atoms with Gasteiger partial charge in [0.05, 0.1) is 5.56 Å². The molecular formula is C25H20N4O3. The van der Waals surface area contributed by atoms with Crippen LogP contribution in [0.1, 0.15) is 26.4 Å². The Morgan fingerprint density at radius 1 is 0.844 bits per heavy atom. The third kappa shape index (κ3) is 4.96. The van der Waals surface area contributed by atoms with E-state index in [2.05, 4.69) is 20.6 Å². The van der Waals surface area contributed by atoms with Crippen LogP contribution in [0.4, 0.5) is 11.5 Å².